The van der Waals surface area contributed by atoms with E-state index in [9.17, 15) is 13.2 Å². The molecule has 1 heterocycles. The summed E-state index contributed by atoms with van der Waals surface area (Å²) in [5.41, 5.74) is 5.00. The predicted molar refractivity (Wildman–Crippen MR) is 66.3 cm³/mol. The molecule has 1 aromatic heterocycles. The third-order valence-corrected chi connectivity index (χ3v) is 2.59. The first-order chi connectivity index (χ1) is 8.45. The monoisotopic (exact) mass is 261 g/mol. The Bertz CT molecular complexity index is 377. The van der Waals surface area contributed by atoms with E-state index < -0.39 is 11.7 Å². The lowest BCUT2D eigenvalue weighted by atomic mass is 10.2. The second kappa shape index (κ2) is 6.47. The fourth-order valence-electron chi connectivity index (χ4n) is 1.55. The molecule has 0 aromatic carbocycles. The van der Waals surface area contributed by atoms with Gasteiger partial charge in [-0.15, -0.1) is 0 Å². The van der Waals surface area contributed by atoms with E-state index >= 15 is 0 Å². The van der Waals surface area contributed by atoms with Crippen LogP contribution in [0.1, 0.15) is 38.2 Å². The third kappa shape index (κ3) is 4.43. The number of nitrogens with one attached hydrogen (secondary N) is 1. The van der Waals surface area contributed by atoms with Crippen LogP contribution in [0.3, 0.4) is 0 Å². The molecule has 1 aromatic rings. The van der Waals surface area contributed by atoms with Crippen LogP contribution in [0.4, 0.5) is 24.7 Å². The van der Waals surface area contributed by atoms with E-state index in [0.717, 1.165) is 37.9 Å². The minimum absolute atomic E-state index is 0.0958. The Morgan fingerprint density at radius 3 is 2.61 bits per heavy atom. The normalized spacial score (nSPS) is 11.6. The van der Waals surface area contributed by atoms with Gasteiger partial charge in [-0.05, 0) is 12.5 Å². The van der Waals surface area contributed by atoms with Crippen LogP contribution in [0.5, 0.6) is 0 Å². The van der Waals surface area contributed by atoms with Gasteiger partial charge in [0.25, 0.3) is 0 Å². The highest BCUT2D eigenvalue weighted by Gasteiger charge is 2.31. The number of unbranched alkanes of at least 4 members (excludes halogenated alkanes) is 3. The first kappa shape index (κ1) is 14.6. The molecular formula is C12H18F3N3. The Balaban J connectivity index is 2.59. The summed E-state index contributed by atoms with van der Waals surface area (Å²) in [7, 11) is 0. The Labute approximate surface area is 105 Å². The van der Waals surface area contributed by atoms with Gasteiger partial charge in [-0.1, -0.05) is 26.2 Å². The van der Waals surface area contributed by atoms with Crippen molar-refractivity contribution >= 4 is 11.5 Å². The summed E-state index contributed by atoms with van der Waals surface area (Å²) in [4.78, 5) is 3.56. The van der Waals surface area contributed by atoms with Gasteiger partial charge >= 0.3 is 6.18 Å². The lowest BCUT2D eigenvalue weighted by Crippen LogP contribution is -2.10. The highest BCUT2D eigenvalue weighted by atomic mass is 19.4. The smallest absolute Gasteiger partial charge is 0.382 e. The number of rotatable bonds is 6. The predicted octanol–water partition coefficient (Wildman–Crippen LogP) is 3.67. The number of pyridine rings is 1. The third-order valence-electron chi connectivity index (χ3n) is 2.59. The Hall–Kier alpha value is -1.46. The van der Waals surface area contributed by atoms with Gasteiger partial charge in [0, 0.05) is 12.7 Å². The second-order valence-corrected chi connectivity index (χ2v) is 4.14. The zero-order chi connectivity index (χ0) is 13.6. The molecule has 102 valence electrons. The van der Waals surface area contributed by atoms with Crippen LogP contribution in [-0.2, 0) is 6.18 Å². The van der Waals surface area contributed by atoms with Gasteiger partial charge in [-0.25, -0.2) is 4.98 Å². The maximum absolute atomic E-state index is 12.5. The number of anilines is 2. The average molecular weight is 261 g/mol. The number of nitrogen functional groups attached to an aromatic ring is 1. The summed E-state index contributed by atoms with van der Waals surface area (Å²) in [6.45, 7) is 2.70. The van der Waals surface area contributed by atoms with Gasteiger partial charge in [0.1, 0.15) is 5.82 Å². The molecule has 1 rings (SSSR count). The van der Waals surface area contributed by atoms with Gasteiger partial charge in [-0.2, -0.15) is 13.2 Å². The number of alkyl halides is 3. The van der Waals surface area contributed by atoms with Crippen LogP contribution in [0.15, 0.2) is 12.3 Å². The molecular weight excluding hydrogens is 243 g/mol. The maximum atomic E-state index is 12.5. The zero-order valence-electron chi connectivity index (χ0n) is 10.3. The van der Waals surface area contributed by atoms with Gasteiger partial charge < -0.3 is 11.1 Å². The molecule has 0 aliphatic rings. The molecule has 0 saturated carbocycles. The number of hydrogen-bond acceptors (Lipinski definition) is 3. The summed E-state index contributed by atoms with van der Waals surface area (Å²) < 4.78 is 37.4. The molecule has 6 heteroatoms. The fraction of sp³-hybridized carbons (Fsp3) is 0.583. The Kier molecular flexibility index (Phi) is 5.25. The van der Waals surface area contributed by atoms with Crippen LogP contribution in [0.2, 0.25) is 0 Å². The highest BCUT2D eigenvalue weighted by molar-refractivity contribution is 5.62. The average Bonchev–Trinajstić information content (AvgIpc) is 2.29. The van der Waals surface area contributed by atoms with Crippen LogP contribution < -0.4 is 11.1 Å². The molecule has 0 atom stereocenters. The van der Waals surface area contributed by atoms with Crippen molar-refractivity contribution in [2.24, 2.45) is 0 Å². The maximum Gasteiger partial charge on any atom is 0.417 e. The van der Waals surface area contributed by atoms with Crippen molar-refractivity contribution in [2.45, 2.75) is 38.8 Å². The quantitative estimate of drug-likeness (QED) is 0.768. The largest absolute Gasteiger partial charge is 0.417 e. The topological polar surface area (TPSA) is 50.9 Å². The fourth-order valence-corrected chi connectivity index (χ4v) is 1.55. The number of nitrogens with zero attached hydrogens (tertiary/aromatic N) is 1. The van der Waals surface area contributed by atoms with Gasteiger partial charge in [-0.3, -0.25) is 0 Å². The molecule has 0 fully saturated rings. The van der Waals surface area contributed by atoms with Gasteiger partial charge in [0.05, 0.1) is 11.3 Å². The van der Waals surface area contributed by atoms with E-state index in [2.05, 4.69) is 17.2 Å². The van der Waals surface area contributed by atoms with E-state index in [0.29, 0.717) is 6.54 Å². The first-order valence-corrected chi connectivity index (χ1v) is 6.01. The Morgan fingerprint density at radius 1 is 1.28 bits per heavy atom. The van der Waals surface area contributed by atoms with Crippen LogP contribution in [-0.4, -0.2) is 11.5 Å². The number of halogens is 3. The number of hydrogen-bond donors (Lipinski definition) is 2. The molecule has 0 saturated heterocycles. The highest BCUT2D eigenvalue weighted by Crippen LogP contribution is 2.31. The zero-order valence-corrected chi connectivity index (χ0v) is 10.3. The molecule has 0 bridgehead atoms. The van der Waals surface area contributed by atoms with Crippen molar-refractivity contribution in [3.63, 3.8) is 0 Å². The van der Waals surface area contributed by atoms with Crippen molar-refractivity contribution < 1.29 is 13.2 Å². The Morgan fingerprint density at radius 2 is 2.00 bits per heavy atom. The van der Waals surface area contributed by atoms with E-state index in [1.54, 1.807) is 0 Å². The minimum atomic E-state index is -4.39. The van der Waals surface area contributed by atoms with Crippen molar-refractivity contribution in [3.05, 3.63) is 17.8 Å². The molecule has 0 spiro atoms. The van der Waals surface area contributed by atoms with E-state index in [1.807, 2.05) is 0 Å². The summed E-state index contributed by atoms with van der Waals surface area (Å²) in [5.74, 6) is 0.0958. The van der Waals surface area contributed by atoms with E-state index in [-0.39, 0.29) is 11.5 Å². The second-order valence-electron chi connectivity index (χ2n) is 4.14. The molecule has 0 amide bonds. The summed E-state index contributed by atoms with van der Waals surface area (Å²) in [6.07, 6.45) is 0.557. The van der Waals surface area contributed by atoms with Crippen molar-refractivity contribution in [1.82, 2.24) is 4.98 Å². The van der Waals surface area contributed by atoms with Crippen molar-refractivity contribution in [3.8, 4) is 0 Å². The molecule has 3 nitrogen and oxygen atoms in total. The lowest BCUT2D eigenvalue weighted by molar-refractivity contribution is -0.137. The summed E-state index contributed by atoms with van der Waals surface area (Å²) >= 11 is 0. The molecule has 3 N–H and O–H groups in total. The molecule has 0 aliphatic carbocycles. The van der Waals surface area contributed by atoms with Crippen molar-refractivity contribution in [2.75, 3.05) is 17.6 Å². The number of aromatic nitrogens is 1. The summed E-state index contributed by atoms with van der Waals surface area (Å²) in [5, 5.41) is 2.90. The standard InChI is InChI=1S/C12H18F3N3/c1-2-3-4-5-6-17-10-7-9(12(13,14)15)8-18-11(10)16/h7-8,17H,2-6H2,1H3,(H2,16,18). The van der Waals surface area contributed by atoms with Gasteiger partial charge in [0.2, 0.25) is 0 Å². The van der Waals surface area contributed by atoms with Gasteiger partial charge in [0.15, 0.2) is 0 Å². The van der Waals surface area contributed by atoms with Crippen LogP contribution in [0, 0.1) is 0 Å². The molecule has 0 aliphatic heterocycles. The minimum Gasteiger partial charge on any atom is -0.382 e. The first-order valence-electron chi connectivity index (χ1n) is 6.01. The lowest BCUT2D eigenvalue weighted by Gasteiger charge is -2.12. The molecule has 0 radical (unpaired) electrons. The van der Waals surface area contributed by atoms with Crippen LogP contribution >= 0.6 is 0 Å². The van der Waals surface area contributed by atoms with E-state index in [4.69, 9.17) is 5.73 Å². The summed E-state index contributed by atoms with van der Waals surface area (Å²) in [6, 6.07) is 1.00. The van der Waals surface area contributed by atoms with E-state index in [1.165, 1.54) is 0 Å². The molecule has 18 heavy (non-hydrogen) atoms. The van der Waals surface area contributed by atoms with Crippen LogP contribution in [0.25, 0.3) is 0 Å². The SMILES string of the molecule is CCCCCCNc1cc(C(F)(F)F)cnc1N. The molecule has 0 unspecified atom stereocenters. The number of nitrogens with two attached hydrogens (primary N) is 1. The van der Waals surface area contributed by atoms with Crippen molar-refractivity contribution in [1.29, 1.82) is 0 Å².